The summed E-state index contributed by atoms with van der Waals surface area (Å²) in [5.74, 6) is -0.610. The van der Waals surface area contributed by atoms with Gasteiger partial charge in [-0.15, -0.1) is 0 Å². The van der Waals surface area contributed by atoms with Gasteiger partial charge in [-0.2, -0.15) is 13.2 Å². The number of alkyl halides is 3. The Hall–Kier alpha value is -2.87. The summed E-state index contributed by atoms with van der Waals surface area (Å²) in [5.41, 5.74) is -0.807. The number of amides is 1. The third-order valence-corrected chi connectivity index (χ3v) is 5.14. The Kier molecular flexibility index (Phi) is 5.90. The smallest absolute Gasteiger partial charge is 0.324 e. The monoisotopic (exact) mass is 437 g/mol. The van der Waals surface area contributed by atoms with Crippen LogP contribution in [0.4, 0.5) is 18.9 Å². The summed E-state index contributed by atoms with van der Waals surface area (Å²) in [6, 6.07) is 8.17. The molecule has 0 bridgehead atoms. The number of rotatable bonds is 4. The molecule has 3 rings (SSSR count). The van der Waals surface area contributed by atoms with E-state index in [9.17, 15) is 22.8 Å². The first-order valence-electron chi connectivity index (χ1n) is 9.20. The molecule has 9 heteroatoms. The lowest BCUT2D eigenvalue weighted by molar-refractivity contribution is -0.142. The fraction of sp³-hybridized carbons (Fsp3) is 0.286. The second kappa shape index (κ2) is 8.10. The Balaban J connectivity index is 2.21. The number of hydrogen-bond donors (Lipinski definition) is 1. The molecule has 5 nitrogen and oxygen atoms in total. The molecule has 0 saturated carbocycles. The van der Waals surface area contributed by atoms with Gasteiger partial charge in [0.25, 0.3) is 5.56 Å². The molecule has 0 radical (unpaired) electrons. The number of aromatic nitrogens is 2. The van der Waals surface area contributed by atoms with Crippen molar-refractivity contribution >= 4 is 34.2 Å². The number of carbonyl (C=O) groups excluding carboxylic acids is 1. The second-order valence-electron chi connectivity index (χ2n) is 6.98. The van der Waals surface area contributed by atoms with Gasteiger partial charge in [-0.25, -0.2) is 4.98 Å². The number of nitrogens with zero attached hydrogens (tertiary/aromatic N) is 2. The average molecular weight is 438 g/mol. The van der Waals surface area contributed by atoms with Gasteiger partial charge in [-0.05, 0) is 67.8 Å². The third-order valence-electron chi connectivity index (χ3n) is 4.89. The Morgan fingerprint density at radius 3 is 2.33 bits per heavy atom. The molecule has 1 heterocycles. The lowest BCUT2D eigenvalue weighted by Crippen LogP contribution is -2.37. The van der Waals surface area contributed by atoms with Crippen molar-refractivity contribution in [1.82, 2.24) is 9.55 Å². The minimum Gasteiger partial charge on any atom is -0.324 e. The van der Waals surface area contributed by atoms with Crippen LogP contribution in [0.3, 0.4) is 0 Å². The van der Waals surface area contributed by atoms with Crippen LogP contribution in [0.1, 0.15) is 36.2 Å². The van der Waals surface area contributed by atoms with E-state index in [1.807, 2.05) is 0 Å². The van der Waals surface area contributed by atoms with Gasteiger partial charge in [0.1, 0.15) is 6.04 Å². The highest BCUT2D eigenvalue weighted by atomic mass is 35.5. The minimum atomic E-state index is -4.95. The van der Waals surface area contributed by atoms with Gasteiger partial charge in [-0.1, -0.05) is 18.5 Å². The zero-order valence-corrected chi connectivity index (χ0v) is 17.2. The van der Waals surface area contributed by atoms with E-state index in [2.05, 4.69) is 10.3 Å². The standard InChI is InChI=1S/C21H19ClF3N3O2/c1-4-16(19(29)26-14-7-5-13(22)6-8-14)28-17-10-12(3)11(2)9-15(17)27-18(20(28)30)21(23,24)25/h5-10,16H,4H2,1-3H3,(H,26,29)/t16-/m0/s1. The molecule has 1 aromatic heterocycles. The van der Waals surface area contributed by atoms with E-state index in [1.54, 1.807) is 51.1 Å². The predicted octanol–water partition coefficient (Wildman–Crippen LogP) is 5.28. The summed E-state index contributed by atoms with van der Waals surface area (Å²) in [6.07, 6.45) is -4.85. The molecule has 0 aliphatic carbocycles. The predicted molar refractivity (Wildman–Crippen MR) is 110 cm³/mol. The van der Waals surface area contributed by atoms with E-state index < -0.39 is 29.4 Å². The van der Waals surface area contributed by atoms with E-state index in [0.29, 0.717) is 10.7 Å². The van der Waals surface area contributed by atoms with Crippen LogP contribution >= 0.6 is 11.6 Å². The van der Waals surface area contributed by atoms with Crippen molar-refractivity contribution in [3.05, 3.63) is 68.6 Å². The van der Waals surface area contributed by atoms with E-state index in [-0.39, 0.29) is 17.5 Å². The largest absolute Gasteiger partial charge is 0.438 e. The van der Waals surface area contributed by atoms with Crippen LogP contribution in [-0.2, 0) is 11.0 Å². The van der Waals surface area contributed by atoms with Crippen molar-refractivity contribution in [3.8, 4) is 0 Å². The van der Waals surface area contributed by atoms with Crippen LogP contribution in [0.15, 0.2) is 41.2 Å². The van der Waals surface area contributed by atoms with E-state index >= 15 is 0 Å². The van der Waals surface area contributed by atoms with Crippen molar-refractivity contribution in [3.63, 3.8) is 0 Å². The third kappa shape index (κ3) is 4.18. The molecule has 0 unspecified atom stereocenters. The summed E-state index contributed by atoms with van der Waals surface area (Å²) < 4.78 is 41.4. The van der Waals surface area contributed by atoms with Crippen LogP contribution in [0.25, 0.3) is 11.0 Å². The number of aryl methyl sites for hydroxylation is 2. The van der Waals surface area contributed by atoms with Crippen molar-refractivity contribution in [1.29, 1.82) is 0 Å². The van der Waals surface area contributed by atoms with E-state index in [1.165, 1.54) is 6.07 Å². The summed E-state index contributed by atoms with van der Waals surface area (Å²) in [4.78, 5) is 29.3. The van der Waals surface area contributed by atoms with E-state index in [4.69, 9.17) is 11.6 Å². The first-order chi connectivity index (χ1) is 14.0. The zero-order valence-electron chi connectivity index (χ0n) is 16.5. The molecular formula is C21H19ClF3N3O2. The van der Waals surface area contributed by atoms with Gasteiger partial charge in [0.2, 0.25) is 11.6 Å². The summed E-state index contributed by atoms with van der Waals surface area (Å²) >= 11 is 5.84. The van der Waals surface area contributed by atoms with Crippen LogP contribution in [0.2, 0.25) is 5.02 Å². The van der Waals surface area contributed by atoms with Crippen molar-refractivity contribution in [2.45, 2.75) is 39.4 Å². The zero-order chi connectivity index (χ0) is 22.2. The Morgan fingerprint density at radius 2 is 1.77 bits per heavy atom. The number of nitrogens with one attached hydrogen (secondary N) is 1. The van der Waals surface area contributed by atoms with Crippen molar-refractivity contribution < 1.29 is 18.0 Å². The van der Waals surface area contributed by atoms with Gasteiger partial charge in [0.15, 0.2) is 0 Å². The maximum absolute atomic E-state index is 13.5. The lowest BCUT2D eigenvalue weighted by atomic mass is 10.1. The van der Waals surface area contributed by atoms with Gasteiger partial charge in [0, 0.05) is 10.7 Å². The number of carbonyl (C=O) groups is 1. The Labute approximate surface area is 175 Å². The maximum Gasteiger partial charge on any atom is 0.438 e. The summed E-state index contributed by atoms with van der Waals surface area (Å²) in [7, 11) is 0. The molecule has 3 aromatic rings. The molecular weight excluding hydrogens is 419 g/mol. The summed E-state index contributed by atoms with van der Waals surface area (Å²) in [6.45, 7) is 5.14. The van der Waals surface area contributed by atoms with Crippen LogP contribution in [0, 0.1) is 13.8 Å². The van der Waals surface area contributed by atoms with Crippen LogP contribution < -0.4 is 10.9 Å². The van der Waals surface area contributed by atoms with Crippen LogP contribution in [-0.4, -0.2) is 15.5 Å². The molecule has 1 N–H and O–H groups in total. The molecule has 158 valence electrons. The van der Waals surface area contributed by atoms with Crippen LogP contribution in [0.5, 0.6) is 0 Å². The topological polar surface area (TPSA) is 64.0 Å². The number of fused-ring (bicyclic) bond motifs is 1. The van der Waals surface area contributed by atoms with Gasteiger partial charge >= 0.3 is 6.18 Å². The molecule has 1 atom stereocenters. The highest BCUT2D eigenvalue weighted by Crippen LogP contribution is 2.29. The van der Waals surface area contributed by atoms with Crippen molar-refractivity contribution in [2.24, 2.45) is 0 Å². The highest BCUT2D eigenvalue weighted by molar-refractivity contribution is 6.30. The molecule has 0 spiro atoms. The van der Waals surface area contributed by atoms with Crippen molar-refractivity contribution in [2.75, 3.05) is 5.32 Å². The highest BCUT2D eigenvalue weighted by Gasteiger charge is 2.38. The van der Waals surface area contributed by atoms with Gasteiger partial charge in [0.05, 0.1) is 11.0 Å². The number of hydrogen-bond acceptors (Lipinski definition) is 3. The molecule has 0 aliphatic rings. The molecule has 2 aromatic carbocycles. The number of anilines is 1. The molecule has 1 amide bonds. The minimum absolute atomic E-state index is 0.00256. The Morgan fingerprint density at radius 1 is 1.17 bits per heavy atom. The van der Waals surface area contributed by atoms with Gasteiger partial charge < -0.3 is 5.32 Å². The summed E-state index contributed by atoms with van der Waals surface area (Å²) in [5, 5.41) is 3.11. The number of benzene rings is 2. The second-order valence-corrected chi connectivity index (χ2v) is 7.42. The first kappa shape index (κ1) is 21.8. The fourth-order valence-electron chi connectivity index (χ4n) is 3.20. The molecule has 30 heavy (non-hydrogen) atoms. The van der Waals surface area contributed by atoms with Gasteiger partial charge in [-0.3, -0.25) is 14.2 Å². The quantitative estimate of drug-likeness (QED) is 0.604. The SMILES string of the molecule is CC[C@@H](C(=O)Nc1ccc(Cl)cc1)n1c(=O)c(C(F)(F)F)nc2cc(C)c(C)cc21. The normalized spacial score (nSPS) is 12.8. The average Bonchev–Trinajstić information content (AvgIpc) is 2.66. The molecule has 0 fully saturated rings. The Bertz CT molecular complexity index is 1170. The molecule has 0 saturated heterocycles. The number of halogens is 4. The maximum atomic E-state index is 13.5. The molecule has 0 aliphatic heterocycles. The first-order valence-corrected chi connectivity index (χ1v) is 9.57. The lowest BCUT2D eigenvalue weighted by Gasteiger charge is -2.22. The fourth-order valence-corrected chi connectivity index (χ4v) is 3.32. The van der Waals surface area contributed by atoms with E-state index in [0.717, 1.165) is 15.7 Å².